The molecule has 61 heavy (non-hydrogen) atoms. The summed E-state index contributed by atoms with van der Waals surface area (Å²) in [6, 6.07) is 63.2. The molecule has 2 N–H and O–H groups in total. The molecule has 1 aliphatic carbocycles. The lowest BCUT2D eigenvalue weighted by Gasteiger charge is -2.22. The standard InChI is InChI=1S/C57H38N4/c58-53(46-19-8-9-22-48(46)59-33-50(59)38-25-24-34-12-1-2-14-37(34)32-38)36-26-29-39(30-27-36)60-49-23-10-7-18-45(49)51-41-16-5-6-17-42(41)52-47-21-11-20-43-44-31-28-35-13-3-4-15-40(35)54(44)61(55(43)47)57(52)56(51)60/h1-32,48,50H,33,58H2/b53-46-. The van der Waals surface area contributed by atoms with Crippen LogP contribution in [0.3, 0.4) is 0 Å². The third kappa shape index (κ3) is 4.52. The van der Waals surface area contributed by atoms with Crippen LogP contribution in [0.2, 0.25) is 0 Å². The third-order valence-electron chi connectivity index (χ3n) is 13.9. The molecule has 1 aliphatic heterocycles. The molecule has 14 rings (SSSR count). The minimum Gasteiger partial charge on any atom is -0.398 e. The highest BCUT2D eigenvalue weighted by molar-refractivity contribution is 6.39. The minimum atomic E-state index is 0.111. The Kier molecular flexibility index (Phi) is 6.64. The molecule has 0 spiro atoms. The van der Waals surface area contributed by atoms with Crippen LogP contribution in [-0.2, 0) is 0 Å². The highest BCUT2D eigenvalue weighted by atomic mass is 15.3. The van der Waals surface area contributed by atoms with E-state index >= 15 is 0 Å². The van der Waals surface area contributed by atoms with E-state index in [1.165, 1.54) is 97.8 Å². The van der Waals surface area contributed by atoms with Gasteiger partial charge in [0, 0.05) is 61.7 Å². The van der Waals surface area contributed by atoms with Crippen LogP contribution in [0, 0.1) is 0 Å². The zero-order chi connectivity index (χ0) is 39.9. The first-order chi connectivity index (χ1) is 30.2. The van der Waals surface area contributed by atoms with E-state index in [1.807, 2.05) is 0 Å². The number of rotatable bonds is 4. The zero-order valence-electron chi connectivity index (χ0n) is 33.3. The first-order valence-corrected chi connectivity index (χ1v) is 21.3. The summed E-state index contributed by atoms with van der Waals surface area (Å²) in [7, 11) is 0. The van der Waals surface area contributed by atoms with Crippen LogP contribution < -0.4 is 5.73 Å². The van der Waals surface area contributed by atoms with Gasteiger partial charge in [-0.2, -0.15) is 0 Å². The number of benzene rings is 9. The van der Waals surface area contributed by atoms with Crippen LogP contribution in [0.5, 0.6) is 0 Å². The Balaban J connectivity index is 0.983. The number of hydrogen-bond acceptors (Lipinski definition) is 2. The van der Waals surface area contributed by atoms with Gasteiger partial charge in [0.05, 0.1) is 33.6 Å². The van der Waals surface area contributed by atoms with Crippen molar-refractivity contribution < 1.29 is 0 Å². The third-order valence-corrected chi connectivity index (χ3v) is 13.9. The average molecular weight is 779 g/mol. The van der Waals surface area contributed by atoms with E-state index in [0.29, 0.717) is 6.04 Å². The van der Waals surface area contributed by atoms with Gasteiger partial charge in [0.15, 0.2) is 0 Å². The lowest BCUT2D eigenvalue weighted by molar-refractivity contribution is 0.482. The second-order valence-corrected chi connectivity index (χ2v) is 17.0. The first kappa shape index (κ1) is 33.2. The maximum absolute atomic E-state index is 7.21. The number of aromatic nitrogens is 2. The maximum Gasteiger partial charge on any atom is 0.0796 e. The largest absolute Gasteiger partial charge is 0.398 e. The van der Waals surface area contributed by atoms with Gasteiger partial charge in [0.1, 0.15) is 0 Å². The molecule has 4 heteroatoms. The summed E-state index contributed by atoms with van der Waals surface area (Å²) in [5.74, 6) is 0. The van der Waals surface area contributed by atoms with E-state index in [-0.39, 0.29) is 6.04 Å². The number of nitrogens with two attached hydrogens (primary N) is 1. The number of para-hydroxylation sites is 2. The summed E-state index contributed by atoms with van der Waals surface area (Å²) >= 11 is 0. The Morgan fingerprint density at radius 2 is 1.13 bits per heavy atom. The second kappa shape index (κ2) is 12.2. The Bertz CT molecular complexity index is 3930. The molecule has 0 saturated carbocycles. The van der Waals surface area contributed by atoms with Crippen molar-refractivity contribution in [3.8, 4) is 5.69 Å². The van der Waals surface area contributed by atoms with Gasteiger partial charge in [-0.15, -0.1) is 0 Å². The molecular formula is C57H38N4. The molecule has 2 aliphatic rings. The van der Waals surface area contributed by atoms with E-state index in [1.54, 1.807) is 0 Å². The second-order valence-electron chi connectivity index (χ2n) is 17.0. The zero-order valence-corrected chi connectivity index (χ0v) is 33.3. The van der Waals surface area contributed by atoms with Crippen LogP contribution in [-0.4, -0.2) is 26.5 Å². The fourth-order valence-electron chi connectivity index (χ4n) is 11.1. The Hall–Kier alpha value is -7.66. The maximum atomic E-state index is 7.21. The normalized spacial score (nSPS) is 18.7. The summed E-state index contributed by atoms with van der Waals surface area (Å²) in [6.07, 6.45) is 8.78. The van der Waals surface area contributed by atoms with Crippen molar-refractivity contribution in [3.63, 3.8) is 0 Å². The Morgan fingerprint density at radius 1 is 0.492 bits per heavy atom. The van der Waals surface area contributed by atoms with Crippen LogP contribution in [0.1, 0.15) is 17.2 Å². The molecular weight excluding hydrogens is 741 g/mol. The SMILES string of the molecule is N/C(=C1/C=CC=CC1N1CC1c1ccc2ccccc2c1)c1ccc(-n2c3ccccc3c3c4ccccc4c4c5cccc6c7ccc8ccccc8c7n(c65)c4c32)cc1. The van der Waals surface area contributed by atoms with Crippen molar-refractivity contribution in [3.05, 3.63) is 211 Å². The molecule has 12 aromatic rings. The van der Waals surface area contributed by atoms with Crippen LogP contribution in [0.4, 0.5) is 0 Å². The van der Waals surface area contributed by atoms with E-state index in [0.717, 1.165) is 29.1 Å². The molecule has 0 radical (unpaired) electrons. The fraction of sp³-hybridized carbons (Fsp3) is 0.0526. The highest BCUT2D eigenvalue weighted by Gasteiger charge is 2.41. The summed E-state index contributed by atoms with van der Waals surface area (Å²) in [6.45, 7) is 1.01. The van der Waals surface area contributed by atoms with Gasteiger partial charge in [0.25, 0.3) is 0 Å². The Labute approximate surface area is 351 Å². The monoisotopic (exact) mass is 778 g/mol. The molecule has 4 nitrogen and oxygen atoms in total. The van der Waals surface area contributed by atoms with Crippen molar-refractivity contribution in [1.29, 1.82) is 0 Å². The topological polar surface area (TPSA) is 38.4 Å². The van der Waals surface area contributed by atoms with E-state index in [4.69, 9.17) is 5.73 Å². The van der Waals surface area contributed by atoms with E-state index in [9.17, 15) is 0 Å². The van der Waals surface area contributed by atoms with Gasteiger partial charge >= 0.3 is 0 Å². The summed E-state index contributed by atoms with van der Waals surface area (Å²) in [5, 5.41) is 15.3. The van der Waals surface area contributed by atoms with Gasteiger partial charge in [-0.1, -0.05) is 170 Å². The molecule has 286 valence electrons. The van der Waals surface area contributed by atoms with Crippen molar-refractivity contribution >= 4 is 97.9 Å². The molecule has 0 amide bonds. The highest BCUT2D eigenvalue weighted by Crippen LogP contribution is 2.49. The van der Waals surface area contributed by atoms with Crippen molar-refractivity contribution in [1.82, 2.24) is 13.9 Å². The lowest BCUT2D eigenvalue weighted by Crippen LogP contribution is -2.23. The first-order valence-electron chi connectivity index (χ1n) is 21.3. The van der Waals surface area contributed by atoms with Crippen molar-refractivity contribution in [2.24, 2.45) is 5.73 Å². The Morgan fingerprint density at radius 3 is 1.97 bits per heavy atom. The van der Waals surface area contributed by atoms with Gasteiger partial charge in [-0.05, 0) is 67.9 Å². The van der Waals surface area contributed by atoms with Crippen LogP contribution in [0.25, 0.3) is 104 Å². The summed E-state index contributed by atoms with van der Waals surface area (Å²) in [4.78, 5) is 2.55. The lowest BCUT2D eigenvalue weighted by atomic mass is 9.96. The molecule has 4 heterocycles. The predicted molar refractivity (Wildman–Crippen MR) is 257 cm³/mol. The van der Waals surface area contributed by atoms with Gasteiger partial charge in [0.2, 0.25) is 0 Å². The molecule has 9 aromatic carbocycles. The smallest absolute Gasteiger partial charge is 0.0796 e. The summed E-state index contributed by atoms with van der Waals surface area (Å²) < 4.78 is 5.11. The van der Waals surface area contributed by atoms with Crippen LogP contribution >= 0.6 is 0 Å². The molecule has 3 unspecified atom stereocenters. The quantitative estimate of drug-likeness (QED) is 0.181. The van der Waals surface area contributed by atoms with E-state index in [2.05, 4.69) is 208 Å². The van der Waals surface area contributed by atoms with Crippen molar-refractivity contribution in [2.45, 2.75) is 12.1 Å². The molecule has 1 fully saturated rings. The molecule has 1 saturated heterocycles. The minimum absolute atomic E-state index is 0.111. The summed E-state index contributed by atoms with van der Waals surface area (Å²) in [5.41, 5.74) is 18.9. The molecule has 3 aromatic heterocycles. The number of hydrogen-bond donors (Lipinski definition) is 1. The van der Waals surface area contributed by atoms with Crippen LogP contribution in [0.15, 0.2) is 200 Å². The predicted octanol–water partition coefficient (Wildman–Crippen LogP) is 13.6. The van der Waals surface area contributed by atoms with Gasteiger partial charge in [-0.3, -0.25) is 4.90 Å². The molecule has 3 atom stereocenters. The number of fused-ring (bicyclic) bond motifs is 16. The number of allylic oxidation sites excluding steroid dienone is 2. The molecule has 0 bridgehead atoms. The van der Waals surface area contributed by atoms with Gasteiger partial charge < -0.3 is 14.7 Å². The van der Waals surface area contributed by atoms with Gasteiger partial charge in [-0.25, -0.2) is 0 Å². The fourth-order valence-corrected chi connectivity index (χ4v) is 11.1. The van der Waals surface area contributed by atoms with E-state index < -0.39 is 0 Å². The number of nitrogens with zero attached hydrogens (tertiary/aromatic N) is 3. The average Bonchev–Trinajstić information content (AvgIpc) is 3.80. The van der Waals surface area contributed by atoms with Crippen molar-refractivity contribution in [2.75, 3.05) is 6.54 Å².